The number of thioether (sulfide) groups is 1. The standard InChI is InChI=1S/C11H16N2O2S/c1-2-8-3-9(5-13-4-8)6-16-7-10(12)11(14)15/h3-5,10H,2,6-7,12H2,1H3,(H,14,15)/t10-/m0/s1. The van der Waals surface area contributed by atoms with Gasteiger partial charge in [0.2, 0.25) is 0 Å². The van der Waals surface area contributed by atoms with E-state index in [1.54, 1.807) is 6.20 Å². The van der Waals surface area contributed by atoms with E-state index in [4.69, 9.17) is 10.8 Å². The largest absolute Gasteiger partial charge is 0.480 e. The number of nitrogens with two attached hydrogens (primary N) is 1. The number of hydrogen-bond acceptors (Lipinski definition) is 4. The number of hydrogen-bond donors (Lipinski definition) is 2. The third-order valence-corrected chi connectivity index (χ3v) is 3.28. The molecule has 0 bridgehead atoms. The molecule has 0 amide bonds. The number of aryl methyl sites for hydroxylation is 1. The zero-order valence-corrected chi connectivity index (χ0v) is 10.0. The molecule has 88 valence electrons. The topological polar surface area (TPSA) is 76.2 Å². The molecular formula is C11H16N2O2S. The van der Waals surface area contributed by atoms with Gasteiger partial charge < -0.3 is 10.8 Å². The third kappa shape index (κ3) is 4.20. The molecule has 16 heavy (non-hydrogen) atoms. The third-order valence-electron chi connectivity index (χ3n) is 2.14. The highest BCUT2D eigenvalue weighted by atomic mass is 32.2. The summed E-state index contributed by atoms with van der Waals surface area (Å²) in [5, 5.41) is 8.61. The van der Waals surface area contributed by atoms with Crippen LogP contribution in [0.15, 0.2) is 18.5 Å². The molecule has 0 fully saturated rings. The first kappa shape index (κ1) is 13.0. The average molecular weight is 240 g/mol. The van der Waals surface area contributed by atoms with Gasteiger partial charge in [0.1, 0.15) is 6.04 Å². The molecule has 1 heterocycles. The van der Waals surface area contributed by atoms with Gasteiger partial charge in [0.15, 0.2) is 0 Å². The summed E-state index contributed by atoms with van der Waals surface area (Å²) in [6.07, 6.45) is 4.61. The SMILES string of the molecule is CCc1cncc(CSC[C@H](N)C(=O)O)c1. The van der Waals surface area contributed by atoms with Crippen LogP contribution in [0, 0.1) is 0 Å². The first-order chi connectivity index (χ1) is 7.63. The molecule has 1 atom stereocenters. The maximum Gasteiger partial charge on any atom is 0.321 e. The van der Waals surface area contributed by atoms with Crippen molar-refractivity contribution in [2.24, 2.45) is 5.73 Å². The smallest absolute Gasteiger partial charge is 0.321 e. The zero-order valence-electron chi connectivity index (χ0n) is 9.22. The molecule has 0 radical (unpaired) electrons. The number of aliphatic carboxylic acids is 1. The molecule has 0 aromatic carbocycles. The molecule has 0 aliphatic rings. The van der Waals surface area contributed by atoms with Crippen LogP contribution in [0.2, 0.25) is 0 Å². The quantitative estimate of drug-likeness (QED) is 0.783. The summed E-state index contributed by atoms with van der Waals surface area (Å²) < 4.78 is 0. The van der Waals surface area contributed by atoms with E-state index in [9.17, 15) is 4.79 Å². The van der Waals surface area contributed by atoms with Crippen molar-refractivity contribution in [2.45, 2.75) is 25.1 Å². The van der Waals surface area contributed by atoms with E-state index in [0.717, 1.165) is 17.7 Å². The summed E-state index contributed by atoms with van der Waals surface area (Å²) in [6, 6.07) is 1.30. The van der Waals surface area contributed by atoms with Crippen LogP contribution in [0.3, 0.4) is 0 Å². The maximum atomic E-state index is 10.5. The zero-order chi connectivity index (χ0) is 12.0. The Morgan fingerprint density at radius 2 is 2.25 bits per heavy atom. The number of pyridine rings is 1. The highest BCUT2D eigenvalue weighted by Crippen LogP contribution is 2.13. The Kier molecular flexibility index (Phi) is 5.28. The summed E-state index contributed by atoms with van der Waals surface area (Å²) in [5.41, 5.74) is 7.71. The van der Waals surface area contributed by atoms with Crippen LogP contribution >= 0.6 is 11.8 Å². The van der Waals surface area contributed by atoms with E-state index in [0.29, 0.717) is 5.75 Å². The Balaban J connectivity index is 2.39. The van der Waals surface area contributed by atoms with Gasteiger partial charge in [-0.2, -0.15) is 11.8 Å². The maximum absolute atomic E-state index is 10.5. The fraction of sp³-hybridized carbons (Fsp3) is 0.455. The molecule has 0 saturated heterocycles. The Morgan fingerprint density at radius 1 is 1.56 bits per heavy atom. The number of carboxylic acid groups (broad SMARTS) is 1. The summed E-state index contributed by atoms with van der Waals surface area (Å²) in [5.74, 6) is 0.223. The van der Waals surface area contributed by atoms with Crippen molar-refractivity contribution in [2.75, 3.05) is 5.75 Å². The van der Waals surface area contributed by atoms with Crippen LogP contribution in [-0.2, 0) is 17.0 Å². The molecule has 0 spiro atoms. The summed E-state index contributed by atoms with van der Waals surface area (Å²) in [6.45, 7) is 2.08. The molecule has 0 saturated carbocycles. The molecular weight excluding hydrogens is 224 g/mol. The van der Waals surface area contributed by atoms with Crippen molar-refractivity contribution in [3.63, 3.8) is 0 Å². The van der Waals surface area contributed by atoms with Gasteiger partial charge in [-0.05, 0) is 17.5 Å². The monoisotopic (exact) mass is 240 g/mol. The minimum Gasteiger partial charge on any atom is -0.480 e. The second kappa shape index (κ2) is 6.50. The molecule has 5 heteroatoms. The number of carbonyl (C=O) groups is 1. The molecule has 0 aliphatic carbocycles. The Morgan fingerprint density at radius 3 is 2.88 bits per heavy atom. The molecule has 1 aromatic heterocycles. The lowest BCUT2D eigenvalue weighted by Gasteiger charge is -2.06. The fourth-order valence-corrected chi connectivity index (χ4v) is 2.10. The average Bonchev–Trinajstić information content (AvgIpc) is 2.29. The van der Waals surface area contributed by atoms with Gasteiger partial charge in [-0.25, -0.2) is 0 Å². The van der Waals surface area contributed by atoms with Crippen LogP contribution in [0.5, 0.6) is 0 Å². The van der Waals surface area contributed by atoms with E-state index in [-0.39, 0.29) is 0 Å². The van der Waals surface area contributed by atoms with E-state index < -0.39 is 12.0 Å². The predicted molar refractivity (Wildman–Crippen MR) is 65.4 cm³/mol. The van der Waals surface area contributed by atoms with Crippen LogP contribution in [0.1, 0.15) is 18.1 Å². The van der Waals surface area contributed by atoms with Crippen molar-refractivity contribution in [1.82, 2.24) is 4.98 Å². The van der Waals surface area contributed by atoms with Crippen LogP contribution < -0.4 is 5.73 Å². The van der Waals surface area contributed by atoms with Gasteiger partial charge in [0, 0.05) is 23.9 Å². The Bertz CT molecular complexity index is 358. The highest BCUT2D eigenvalue weighted by Gasteiger charge is 2.10. The van der Waals surface area contributed by atoms with Gasteiger partial charge in [-0.15, -0.1) is 0 Å². The Hall–Kier alpha value is -1.07. The molecule has 1 aromatic rings. The number of rotatable bonds is 6. The van der Waals surface area contributed by atoms with Gasteiger partial charge in [-0.3, -0.25) is 9.78 Å². The predicted octanol–water partition coefficient (Wildman–Crippen LogP) is 1.29. The minimum absolute atomic E-state index is 0.422. The van der Waals surface area contributed by atoms with Crippen LogP contribution in [0.4, 0.5) is 0 Å². The molecule has 3 N–H and O–H groups in total. The van der Waals surface area contributed by atoms with Gasteiger partial charge >= 0.3 is 5.97 Å². The van der Waals surface area contributed by atoms with E-state index >= 15 is 0 Å². The first-order valence-electron chi connectivity index (χ1n) is 5.12. The highest BCUT2D eigenvalue weighted by molar-refractivity contribution is 7.98. The lowest BCUT2D eigenvalue weighted by atomic mass is 10.2. The Labute approximate surface area is 99.3 Å². The van der Waals surface area contributed by atoms with Gasteiger partial charge in [0.25, 0.3) is 0 Å². The second-order valence-corrected chi connectivity index (χ2v) is 4.55. The summed E-state index contributed by atoms with van der Waals surface area (Å²) in [7, 11) is 0. The van der Waals surface area contributed by atoms with Crippen LogP contribution in [0.25, 0.3) is 0 Å². The van der Waals surface area contributed by atoms with Crippen molar-refractivity contribution in [3.05, 3.63) is 29.6 Å². The molecule has 4 nitrogen and oxygen atoms in total. The molecule has 0 unspecified atom stereocenters. The minimum atomic E-state index is -0.951. The number of carboxylic acids is 1. The van der Waals surface area contributed by atoms with Crippen molar-refractivity contribution in [3.8, 4) is 0 Å². The van der Waals surface area contributed by atoms with Gasteiger partial charge in [-0.1, -0.05) is 13.0 Å². The van der Waals surface area contributed by atoms with Crippen molar-refractivity contribution >= 4 is 17.7 Å². The normalized spacial score (nSPS) is 12.4. The van der Waals surface area contributed by atoms with Crippen molar-refractivity contribution in [1.29, 1.82) is 0 Å². The lowest BCUT2D eigenvalue weighted by Crippen LogP contribution is -2.32. The number of aromatic nitrogens is 1. The first-order valence-corrected chi connectivity index (χ1v) is 6.28. The summed E-state index contributed by atoms with van der Waals surface area (Å²) in [4.78, 5) is 14.6. The van der Waals surface area contributed by atoms with E-state index in [1.165, 1.54) is 17.3 Å². The van der Waals surface area contributed by atoms with E-state index in [2.05, 4.69) is 18.0 Å². The number of nitrogens with zero attached hydrogens (tertiary/aromatic N) is 1. The van der Waals surface area contributed by atoms with Crippen LogP contribution in [-0.4, -0.2) is 27.9 Å². The fourth-order valence-electron chi connectivity index (χ4n) is 1.19. The lowest BCUT2D eigenvalue weighted by molar-refractivity contribution is -0.137. The second-order valence-electron chi connectivity index (χ2n) is 3.51. The molecule has 0 aliphatic heterocycles. The molecule has 1 rings (SSSR count). The van der Waals surface area contributed by atoms with Gasteiger partial charge in [0.05, 0.1) is 0 Å². The van der Waals surface area contributed by atoms with E-state index in [1.807, 2.05) is 6.20 Å². The summed E-state index contributed by atoms with van der Waals surface area (Å²) >= 11 is 1.52. The van der Waals surface area contributed by atoms with Crippen molar-refractivity contribution < 1.29 is 9.90 Å².